The van der Waals surface area contributed by atoms with Crippen molar-refractivity contribution in [3.63, 3.8) is 0 Å². The average Bonchev–Trinajstić information content (AvgIpc) is 3.27. The number of aromatic nitrogens is 1. The third kappa shape index (κ3) is 5.24. The van der Waals surface area contributed by atoms with Gasteiger partial charge < -0.3 is 15.2 Å². The molecule has 2 heterocycles. The minimum absolute atomic E-state index is 0.0508. The van der Waals surface area contributed by atoms with Crippen LogP contribution in [0.3, 0.4) is 0 Å². The van der Waals surface area contributed by atoms with Crippen molar-refractivity contribution in [2.75, 3.05) is 11.9 Å². The Balaban J connectivity index is 1.78. The fourth-order valence-electron chi connectivity index (χ4n) is 4.12. The quantitative estimate of drug-likeness (QED) is 0.510. The van der Waals surface area contributed by atoms with Gasteiger partial charge in [-0.15, -0.1) is 15.7 Å². The number of fused-ring (bicyclic) bond motifs is 3. The first-order chi connectivity index (χ1) is 15.9. The summed E-state index contributed by atoms with van der Waals surface area (Å²) in [7, 11) is -3.35. The summed E-state index contributed by atoms with van der Waals surface area (Å²) in [5.74, 6) is 0.251. The number of urea groups is 1. The lowest BCUT2D eigenvalue weighted by Gasteiger charge is -2.20. The van der Waals surface area contributed by atoms with Crippen molar-refractivity contribution in [3.05, 3.63) is 34.5 Å². The number of hydrogen-bond donors (Lipinski definition) is 3. The van der Waals surface area contributed by atoms with Gasteiger partial charge in [-0.25, -0.2) is 18.7 Å². The molecule has 0 radical (unpaired) electrons. The Labute approximate surface area is 201 Å². The standard InChI is InChI=1S/C22H28F2N4O4S2/c1-11(2)14-8-13(32-20(23)24)9-16-15-7-12(15)5-6-26-34(31,28-21(29)27-18(14)16)17-10-25-19(33-17)22(3,4)30/h8-12,15,20,30H,5-7H2,1-4H3,(H2,26,27,28,29,31). The Bertz CT molecular complexity index is 1220. The Hall–Kier alpha value is -2.15. The molecule has 0 saturated heterocycles. The van der Waals surface area contributed by atoms with Crippen LogP contribution < -0.4 is 14.8 Å². The second-order valence-corrected chi connectivity index (χ2v) is 12.6. The Morgan fingerprint density at radius 2 is 2.06 bits per heavy atom. The molecule has 8 nitrogen and oxygen atoms in total. The van der Waals surface area contributed by atoms with Crippen LogP contribution in [0.1, 0.15) is 68.5 Å². The van der Waals surface area contributed by atoms with Crippen molar-refractivity contribution in [3.8, 4) is 5.75 Å². The van der Waals surface area contributed by atoms with E-state index in [0.717, 1.165) is 23.3 Å². The third-order valence-electron chi connectivity index (χ3n) is 5.88. The first kappa shape index (κ1) is 25.0. The van der Waals surface area contributed by atoms with E-state index in [1.165, 1.54) is 12.3 Å². The molecule has 1 saturated carbocycles. The van der Waals surface area contributed by atoms with E-state index in [9.17, 15) is 22.9 Å². The fraction of sp³-hybridized carbons (Fsp3) is 0.545. The Morgan fingerprint density at radius 1 is 1.32 bits per heavy atom. The zero-order chi connectivity index (χ0) is 24.8. The molecule has 4 rings (SSSR count). The van der Waals surface area contributed by atoms with E-state index in [1.54, 1.807) is 19.9 Å². The topological polar surface area (TPSA) is 113 Å². The van der Waals surface area contributed by atoms with Crippen LogP contribution in [-0.2, 0) is 15.5 Å². The third-order valence-corrected chi connectivity index (χ3v) is 9.58. The fourth-order valence-corrected chi connectivity index (χ4v) is 6.91. The van der Waals surface area contributed by atoms with E-state index in [-0.39, 0.29) is 27.7 Å². The van der Waals surface area contributed by atoms with Crippen LogP contribution in [0.15, 0.2) is 26.9 Å². The highest BCUT2D eigenvalue weighted by atomic mass is 32.2. The van der Waals surface area contributed by atoms with E-state index < -0.39 is 28.2 Å². The number of halogens is 2. The predicted octanol–water partition coefficient (Wildman–Crippen LogP) is 5.17. The number of nitrogens with one attached hydrogen (secondary N) is 2. The second-order valence-electron chi connectivity index (χ2n) is 9.39. The first-order valence-corrected chi connectivity index (χ1v) is 13.3. The largest absolute Gasteiger partial charge is 0.435 e. The predicted molar refractivity (Wildman–Crippen MR) is 126 cm³/mol. The van der Waals surface area contributed by atoms with Gasteiger partial charge in [0.2, 0.25) is 0 Å². The van der Waals surface area contributed by atoms with Gasteiger partial charge in [0.15, 0.2) is 9.92 Å². The summed E-state index contributed by atoms with van der Waals surface area (Å²) >= 11 is 1.03. The molecule has 34 heavy (non-hydrogen) atoms. The summed E-state index contributed by atoms with van der Waals surface area (Å²) in [6, 6.07) is 2.24. The molecule has 0 bridgehead atoms. The molecule has 3 N–H and O–H groups in total. The van der Waals surface area contributed by atoms with Crippen LogP contribution in [0.5, 0.6) is 5.75 Å². The lowest BCUT2D eigenvalue weighted by Crippen LogP contribution is -2.26. The van der Waals surface area contributed by atoms with Crippen LogP contribution in [0.25, 0.3) is 0 Å². The van der Waals surface area contributed by atoms with Crippen LogP contribution in [0.2, 0.25) is 0 Å². The zero-order valence-electron chi connectivity index (χ0n) is 19.3. The summed E-state index contributed by atoms with van der Waals surface area (Å²) < 4.78 is 51.5. The van der Waals surface area contributed by atoms with E-state index in [2.05, 4.69) is 24.1 Å². The smallest absolute Gasteiger partial charge is 0.387 e. The lowest BCUT2D eigenvalue weighted by atomic mass is 9.94. The Morgan fingerprint density at radius 3 is 2.68 bits per heavy atom. The van der Waals surface area contributed by atoms with Gasteiger partial charge in [-0.3, -0.25) is 0 Å². The lowest BCUT2D eigenvalue weighted by molar-refractivity contribution is -0.0499. The molecule has 3 atom stereocenters. The van der Waals surface area contributed by atoms with Crippen molar-refractivity contribution in [2.24, 2.45) is 10.3 Å². The number of hydrogen-bond acceptors (Lipinski definition) is 6. The van der Waals surface area contributed by atoms with Gasteiger partial charge in [-0.1, -0.05) is 13.8 Å². The van der Waals surface area contributed by atoms with E-state index >= 15 is 0 Å². The van der Waals surface area contributed by atoms with Crippen LogP contribution in [0, 0.1) is 5.92 Å². The molecule has 0 spiro atoms. The van der Waals surface area contributed by atoms with Crippen LogP contribution >= 0.6 is 11.3 Å². The van der Waals surface area contributed by atoms with Gasteiger partial charge in [-0.05, 0) is 67.7 Å². The maximum Gasteiger partial charge on any atom is 0.387 e. The molecule has 2 aliphatic rings. The van der Waals surface area contributed by atoms with Gasteiger partial charge in [0.1, 0.15) is 20.6 Å². The Kier molecular flexibility index (Phi) is 6.71. The van der Waals surface area contributed by atoms with Crippen molar-refractivity contribution in [1.29, 1.82) is 0 Å². The number of anilines is 1. The number of nitrogens with zero attached hydrogens (tertiary/aromatic N) is 2. The minimum Gasteiger partial charge on any atom is -0.435 e. The van der Waals surface area contributed by atoms with Gasteiger partial charge in [-0.2, -0.15) is 8.78 Å². The summed E-state index contributed by atoms with van der Waals surface area (Å²) in [5.41, 5.74) is 0.649. The number of carbonyl (C=O) groups is 1. The average molecular weight is 515 g/mol. The highest BCUT2D eigenvalue weighted by Crippen LogP contribution is 2.54. The summed E-state index contributed by atoms with van der Waals surface area (Å²) in [5, 5.41) is 13.4. The number of ether oxygens (including phenoxy) is 1. The van der Waals surface area contributed by atoms with Crippen molar-refractivity contribution >= 4 is 33.0 Å². The molecule has 1 fully saturated rings. The van der Waals surface area contributed by atoms with Gasteiger partial charge in [0, 0.05) is 12.2 Å². The molecule has 1 aromatic carbocycles. The maximum atomic E-state index is 13.8. The number of carbonyl (C=O) groups excluding carboxylic acids is 1. The molecule has 2 amide bonds. The molecule has 186 valence electrons. The normalized spacial score (nSPS) is 25.1. The van der Waals surface area contributed by atoms with Gasteiger partial charge >= 0.3 is 12.6 Å². The number of alkyl halides is 2. The molecule has 12 heteroatoms. The highest BCUT2D eigenvalue weighted by molar-refractivity contribution is 7.94. The molecule has 1 aliphatic carbocycles. The minimum atomic E-state index is -3.35. The number of thiazole rings is 1. The summed E-state index contributed by atoms with van der Waals surface area (Å²) in [4.78, 5) is 17.2. The number of amides is 2. The molecule has 3 unspecified atom stereocenters. The summed E-state index contributed by atoms with van der Waals surface area (Å²) in [6.07, 6.45) is 2.85. The number of benzene rings is 1. The van der Waals surface area contributed by atoms with E-state index in [1.807, 2.05) is 13.8 Å². The maximum absolute atomic E-state index is 13.8. The van der Waals surface area contributed by atoms with E-state index in [4.69, 9.17) is 0 Å². The zero-order valence-corrected chi connectivity index (χ0v) is 20.9. The monoisotopic (exact) mass is 514 g/mol. The van der Waals surface area contributed by atoms with Crippen molar-refractivity contribution in [1.82, 2.24) is 9.71 Å². The van der Waals surface area contributed by atoms with Gasteiger partial charge in [0.25, 0.3) is 0 Å². The van der Waals surface area contributed by atoms with Gasteiger partial charge in [0.05, 0.1) is 6.20 Å². The van der Waals surface area contributed by atoms with Crippen LogP contribution in [-0.4, -0.2) is 33.5 Å². The molecule has 2 aromatic rings. The van der Waals surface area contributed by atoms with Crippen molar-refractivity contribution < 1.29 is 27.6 Å². The molecule has 1 aliphatic heterocycles. The highest BCUT2D eigenvalue weighted by Gasteiger charge is 2.41. The van der Waals surface area contributed by atoms with E-state index in [0.29, 0.717) is 29.2 Å². The van der Waals surface area contributed by atoms with Crippen molar-refractivity contribution in [2.45, 2.75) is 68.8 Å². The first-order valence-electron chi connectivity index (χ1n) is 11.0. The molecule has 1 aromatic heterocycles. The number of rotatable bonds is 5. The van der Waals surface area contributed by atoms with Crippen LogP contribution in [0.4, 0.5) is 19.3 Å². The SMILES string of the molecule is CC(C)c1cc(OC(F)F)cc2c1NC(=O)N=S(=O)(c1cnc(C(C)(C)O)s1)NCCC1CC21. The summed E-state index contributed by atoms with van der Waals surface area (Å²) in [6.45, 7) is 4.30. The number of aliphatic hydroxyl groups is 1. The molecular formula is C22H28F2N4O4S2. The molecular weight excluding hydrogens is 486 g/mol. The second kappa shape index (κ2) is 9.14.